The average molecular weight is 322 g/mol. The molecule has 130 valence electrons. The fourth-order valence-electron chi connectivity index (χ4n) is 2.50. The molecule has 23 heavy (non-hydrogen) atoms. The third kappa shape index (κ3) is 6.10. The van der Waals surface area contributed by atoms with E-state index in [-0.39, 0.29) is 5.91 Å². The first kappa shape index (κ1) is 19.3. The molecule has 0 saturated carbocycles. The van der Waals surface area contributed by atoms with Crippen LogP contribution >= 0.6 is 0 Å². The second-order valence-corrected chi connectivity index (χ2v) is 5.84. The quantitative estimate of drug-likeness (QED) is 0.673. The lowest BCUT2D eigenvalue weighted by Crippen LogP contribution is -2.26. The predicted molar refractivity (Wildman–Crippen MR) is 92.9 cm³/mol. The second-order valence-electron chi connectivity index (χ2n) is 5.84. The molecule has 0 heterocycles. The smallest absolute Gasteiger partial charge is 0.222 e. The van der Waals surface area contributed by atoms with Gasteiger partial charge in [0.1, 0.15) is 0 Å². The Kier molecular flexibility index (Phi) is 8.48. The van der Waals surface area contributed by atoms with Gasteiger partial charge in [0.05, 0.1) is 14.2 Å². The molecule has 0 atom stereocenters. The number of carbonyl (C=O) groups excluding carboxylic acids is 1. The number of amides is 1. The summed E-state index contributed by atoms with van der Waals surface area (Å²) in [7, 11) is 5.09. The highest BCUT2D eigenvalue weighted by molar-refractivity contribution is 5.75. The molecule has 0 saturated heterocycles. The zero-order valence-electron chi connectivity index (χ0n) is 14.9. The van der Waals surface area contributed by atoms with Gasteiger partial charge in [-0.25, -0.2) is 0 Å². The van der Waals surface area contributed by atoms with Crippen LogP contribution in [-0.2, 0) is 11.3 Å². The normalized spacial score (nSPS) is 10.5. The Bertz CT molecular complexity index is 503. The average Bonchev–Trinajstić information content (AvgIpc) is 2.55. The van der Waals surface area contributed by atoms with Gasteiger partial charge in [0.25, 0.3) is 0 Å². The number of rotatable bonds is 10. The number of nitrogens with zero attached hydrogens (tertiary/aromatic N) is 1. The fraction of sp³-hybridized carbons (Fsp3) is 0.611. The van der Waals surface area contributed by atoms with Crippen LogP contribution in [0.15, 0.2) is 12.1 Å². The molecule has 0 radical (unpaired) electrons. The molecular weight excluding hydrogens is 292 g/mol. The minimum absolute atomic E-state index is 0.173. The molecule has 0 aromatic heterocycles. The number of methoxy groups -OCH3 is 2. The number of carbonyl (C=O) groups is 1. The van der Waals surface area contributed by atoms with E-state index in [0.717, 1.165) is 43.4 Å². The van der Waals surface area contributed by atoms with E-state index < -0.39 is 0 Å². The van der Waals surface area contributed by atoms with E-state index in [1.54, 1.807) is 19.1 Å². The summed E-state index contributed by atoms with van der Waals surface area (Å²) in [6.07, 6.45) is 4.71. The highest BCUT2D eigenvalue weighted by Gasteiger charge is 2.13. The summed E-state index contributed by atoms with van der Waals surface area (Å²) in [5.41, 5.74) is 7.63. The Morgan fingerprint density at radius 3 is 2.30 bits per heavy atom. The molecule has 0 bridgehead atoms. The van der Waals surface area contributed by atoms with Crippen LogP contribution in [0.25, 0.3) is 0 Å². The van der Waals surface area contributed by atoms with E-state index in [0.29, 0.717) is 24.5 Å². The molecule has 2 N–H and O–H groups in total. The van der Waals surface area contributed by atoms with Crippen molar-refractivity contribution in [2.75, 3.05) is 27.8 Å². The number of unbranched alkanes of at least 4 members (excludes halogenated alkanes) is 3. The Hall–Kier alpha value is -1.75. The summed E-state index contributed by atoms with van der Waals surface area (Å²) >= 11 is 0. The van der Waals surface area contributed by atoms with Crippen molar-refractivity contribution in [1.82, 2.24) is 4.90 Å². The lowest BCUT2D eigenvalue weighted by molar-refractivity contribution is -0.130. The molecule has 1 rings (SSSR count). The Labute approximate surface area is 139 Å². The van der Waals surface area contributed by atoms with Gasteiger partial charge < -0.3 is 20.1 Å². The van der Waals surface area contributed by atoms with Crippen LogP contribution in [0.1, 0.15) is 43.2 Å². The molecule has 0 unspecified atom stereocenters. The minimum atomic E-state index is 0.173. The van der Waals surface area contributed by atoms with Crippen molar-refractivity contribution in [2.45, 2.75) is 45.6 Å². The number of aryl methyl sites for hydroxylation is 1. The molecule has 1 amide bonds. The molecule has 5 heteroatoms. The topological polar surface area (TPSA) is 64.8 Å². The highest BCUT2D eigenvalue weighted by atomic mass is 16.5. The zero-order chi connectivity index (χ0) is 17.2. The van der Waals surface area contributed by atoms with Crippen LogP contribution < -0.4 is 15.2 Å². The van der Waals surface area contributed by atoms with Crippen molar-refractivity contribution >= 4 is 5.91 Å². The fourth-order valence-corrected chi connectivity index (χ4v) is 2.50. The van der Waals surface area contributed by atoms with Gasteiger partial charge in [0.15, 0.2) is 11.5 Å². The van der Waals surface area contributed by atoms with Gasteiger partial charge in [-0.3, -0.25) is 4.79 Å². The lowest BCUT2D eigenvalue weighted by atomic mass is 10.1. The second kappa shape index (κ2) is 10.1. The van der Waals surface area contributed by atoms with Gasteiger partial charge in [-0.15, -0.1) is 0 Å². The molecular formula is C18H30N2O3. The first-order chi connectivity index (χ1) is 11.0. The summed E-state index contributed by atoms with van der Waals surface area (Å²) in [6, 6.07) is 3.89. The molecule has 0 fully saturated rings. The van der Waals surface area contributed by atoms with E-state index >= 15 is 0 Å². The van der Waals surface area contributed by atoms with E-state index in [9.17, 15) is 4.79 Å². The minimum Gasteiger partial charge on any atom is -0.493 e. The van der Waals surface area contributed by atoms with Crippen LogP contribution in [0, 0.1) is 6.92 Å². The highest BCUT2D eigenvalue weighted by Crippen LogP contribution is 2.30. The van der Waals surface area contributed by atoms with Crippen molar-refractivity contribution in [2.24, 2.45) is 5.73 Å². The Morgan fingerprint density at radius 1 is 1.09 bits per heavy atom. The molecule has 0 spiro atoms. The van der Waals surface area contributed by atoms with Crippen LogP contribution in [0.3, 0.4) is 0 Å². The van der Waals surface area contributed by atoms with Crippen LogP contribution in [0.4, 0.5) is 0 Å². The molecule has 1 aromatic rings. The van der Waals surface area contributed by atoms with Gasteiger partial charge >= 0.3 is 0 Å². The SMILES string of the molecule is COc1cc(C)c(CN(C)C(=O)CCCCCCN)cc1OC. The van der Waals surface area contributed by atoms with Gasteiger partial charge in [-0.1, -0.05) is 12.8 Å². The molecule has 0 aliphatic rings. The Balaban J connectivity index is 2.59. The number of hydrogen-bond acceptors (Lipinski definition) is 4. The van der Waals surface area contributed by atoms with Gasteiger partial charge in [0.2, 0.25) is 5.91 Å². The zero-order valence-corrected chi connectivity index (χ0v) is 14.9. The van der Waals surface area contributed by atoms with E-state index in [4.69, 9.17) is 15.2 Å². The first-order valence-corrected chi connectivity index (χ1v) is 8.19. The Morgan fingerprint density at radius 2 is 1.70 bits per heavy atom. The largest absolute Gasteiger partial charge is 0.493 e. The van der Waals surface area contributed by atoms with Crippen molar-refractivity contribution in [1.29, 1.82) is 0 Å². The number of nitrogens with two attached hydrogens (primary N) is 1. The standard InChI is InChI=1S/C18H30N2O3/c1-14-11-16(22-3)17(23-4)12-15(14)13-20(2)18(21)9-7-5-6-8-10-19/h11-12H,5-10,13,19H2,1-4H3. The third-order valence-electron chi connectivity index (χ3n) is 4.02. The predicted octanol–water partition coefficient (Wildman–Crippen LogP) is 2.88. The number of hydrogen-bond donors (Lipinski definition) is 1. The van der Waals surface area contributed by atoms with Gasteiger partial charge in [-0.05, 0) is 49.6 Å². The molecule has 5 nitrogen and oxygen atoms in total. The van der Waals surface area contributed by atoms with Gasteiger partial charge in [0, 0.05) is 20.0 Å². The molecule has 0 aliphatic carbocycles. The maximum Gasteiger partial charge on any atom is 0.222 e. The monoisotopic (exact) mass is 322 g/mol. The summed E-state index contributed by atoms with van der Waals surface area (Å²) in [6.45, 7) is 3.32. The van der Waals surface area contributed by atoms with E-state index in [2.05, 4.69) is 0 Å². The van der Waals surface area contributed by atoms with Crippen LogP contribution in [-0.4, -0.2) is 38.6 Å². The number of benzene rings is 1. The third-order valence-corrected chi connectivity index (χ3v) is 4.02. The first-order valence-electron chi connectivity index (χ1n) is 8.19. The molecule has 1 aromatic carbocycles. The van der Waals surface area contributed by atoms with E-state index in [1.807, 2.05) is 26.1 Å². The van der Waals surface area contributed by atoms with Crippen molar-refractivity contribution in [3.8, 4) is 11.5 Å². The van der Waals surface area contributed by atoms with Crippen molar-refractivity contribution < 1.29 is 14.3 Å². The van der Waals surface area contributed by atoms with Crippen LogP contribution in [0.2, 0.25) is 0 Å². The van der Waals surface area contributed by atoms with E-state index in [1.165, 1.54) is 0 Å². The van der Waals surface area contributed by atoms with Gasteiger partial charge in [-0.2, -0.15) is 0 Å². The summed E-state index contributed by atoms with van der Waals surface area (Å²) < 4.78 is 10.6. The molecule has 0 aliphatic heterocycles. The number of ether oxygens (including phenoxy) is 2. The maximum atomic E-state index is 12.2. The summed E-state index contributed by atoms with van der Waals surface area (Å²) in [5, 5.41) is 0. The summed E-state index contributed by atoms with van der Waals surface area (Å²) in [5.74, 6) is 1.57. The van der Waals surface area contributed by atoms with Crippen LogP contribution in [0.5, 0.6) is 11.5 Å². The van der Waals surface area contributed by atoms with Crippen molar-refractivity contribution in [3.63, 3.8) is 0 Å². The maximum absolute atomic E-state index is 12.2. The summed E-state index contributed by atoms with van der Waals surface area (Å²) in [4.78, 5) is 14.0. The lowest BCUT2D eigenvalue weighted by Gasteiger charge is -2.20. The van der Waals surface area contributed by atoms with Crippen molar-refractivity contribution in [3.05, 3.63) is 23.3 Å².